The SMILES string of the molecule is c1ccc(CN2CCN(c3nc4ccccc4s3)CC2)nc1. The lowest BCUT2D eigenvalue weighted by atomic mass is 10.3. The van der Waals surface area contributed by atoms with Crippen LogP contribution in [0.25, 0.3) is 10.2 Å². The molecule has 112 valence electrons. The number of piperazine rings is 1. The van der Waals surface area contributed by atoms with Crippen LogP contribution in [0.15, 0.2) is 48.7 Å². The van der Waals surface area contributed by atoms with Gasteiger partial charge in [-0.2, -0.15) is 0 Å². The van der Waals surface area contributed by atoms with Crippen molar-refractivity contribution in [3.63, 3.8) is 0 Å². The van der Waals surface area contributed by atoms with Crippen molar-refractivity contribution in [1.29, 1.82) is 0 Å². The molecule has 3 heterocycles. The van der Waals surface area contributed by atoms with E-state index in [0.717, 1.165) is 49.1 Å². The smallest absolute Gasteiger partial charge is 0.186 e. The summed E-state index contributed by atoms with van der Waals surface area (Å²) in [6.07, 6.45) is 1.87. The zero-order chi connectivity index (χ0) is 14.8. The lowest BCUT2D eigenvalue weighted by molar-refractivity contribution is 0.247. The molecular formula is C17H18N4S. The van der Waals surface area contributed by atoms with Gasteiger partial charge in [-0.3, -0.25) is 9.88 Å². The third kappa shape index (κ3) is 2.82. The van der Waals surface area contributed by atoms with Crippen LogP contribution in [0.3, 0.4) is 0 Å². The van der Waals surface area contributed by atoms with Gasteiger partial charge in [0.05, 0.1) is 15.9 Å². The first-order chi connectivity index (χ1) is 10.9. The van der Waals surface area contributed by atoms with Gasteiger partial charge >= 0.3 is 0 Å². The Balaban J connectivity index is 1.41. The highest BCUT2D eigenvalue weighted by Gasteiger charge is 2.19. The largest absolute Gasteiger partial charge is 0.345 e. The maximum Gasteiger partial charge on any atom is 0.186 e. The monoisotopic (exact) mass is 310 g/mol. The van der Waals surface area contributed by atoms with Crippen molar-refractivity contribution in [2.75, 3.05) is 31.1 Å². The van der Waals surface area contributed by atoms with E-state index in [4.69, 9.17) is 4.98 Å². The Morgan fingerprint density at radius 2 is 1.77 bits per heavy atom. The number of thiazole rings is 1. The quantitative estimate of drug-likeness (QED) is 0.744. The molecule has 0 spiro atoms. The van der Waals surface area contributed by atoms with Gasteiger partial charge in [0.2, 0.25) is 0 Å². The predicted octanol–water partition coefficient (Wildman–Crippen LogP) is 3.01. The van der Waals surface area contributed by atoms with Gasteiger partial charge in [-0.1, -0.05) is 29.5 Å². The van der Waals surface area contributed by atoms with Crippen molar-refractivity contribution in [2.24, 2.45) is 0 Å². The van der Waals surface area contributed by atoms with Crippen LogP contribution in [0.1, 0.15) is 5.69 Å². The maximum atomic E-state index is 4.76. The molecule has 0 amide bonds. The van der Waals surface area contributed by atoms with Gasteiger partial charge in [-0.05, 0) is 24.3 Å². The van der Waals surface area contributed by atoms with Gasteiger partial charge in [-0.15, -0.1) is 0 Å². The summed E-state index contributed by atoms with van der Waals surface area (Å²) in [5, 5.41) is 1.15. The van der Waals surface area contributed by atoms with Gasteiger partial charge in [-0.25, -0.2) is 4.98 Å². The van der Waals surface area contributed by atoms with E-state index >= 15 is 0 Å². The molecule has 1 fully saturated rings. The molecule has 5 heteroatoms. The van der Waals surface area contributed by atoms with E-state index in [2.05, 4.69) is 51.2 Å². The van der Waals surface area contributed by atoms with Gasteiger partial charge in [0.25, 0.3) is 0 Å². The highest BCUT2D eigenvalue weighted by Crippen LogP contribution is 2.29. The third-order valence-corrected chi connectivity index (χ3v) is 5.13. The minimum Gasteiger partial charge on any atom is -0.345 e. The summed E-state index contributed by atoms with van der Waals surface area (Å²) >= 11 is 1.79. The van der Waals surface area contributed by atoms with Crippen molar-refractivity contribution in [3.05, 3.63) is 54.4 Å². The van der Waals surface area contributed by atoms with Crippen LogP contribution in [0, 0.1) is 0 Å². The van der Waals surface area contributed by atoms with E-state index < -0.39 is 0 Å². The molecule has 0 N–H and O–H groups in total. The maximum absolute atomic E-state index is 4.76. The Morgan fingerprint density at radius 1 is 0.955 bits per heavy atom. The molecule has 0 aliphatic carbocycles. The second kappa shape index (κ2) is 6.02. The van der Waals surface area contributed by atoms with Gasteiger partial charge in [0, 0.05) is 38.9 Å². The summed E-state index contributed by atoms with van der Waals surface area (Å²) in [4.78, 5) is 14.0. The van der Waals surface area contributed by atoms with E-state index in [1.165, 1.54) is 4.70 Å². The van der Waals surface area contributed by atoms with Crippen LogP contribution < -0.4 is 4.90 Å². The van der Waals surface area contributed by atoms with Crippen molar-refractivity contribution in [3.8, 4) is 0 Å². The minimum absolute atomic E-state index is 0.939. The summed E-state index contributed by atoms with van der Waals surface area (Å²) < 4.78 is 1.27. The molecule has 1 aliphatic rings. The lowest BCUT2D eigenvalue weighted by Crippen LogP contribution is -2.46. The second-order valence-electron chi connectivity index (χ2n) is 5.55. The van der Waals surface area contributed by atoms with E-state index in [-0.39, 0.29) is 0 Å². The van der Waals surface area contributed by atoms with Crippen LogP contribution in [-0.2, 0) is 6.54 Å². The van der Waals surface area contributed by atoms with Gasteiger partial charge in [0.1, 0.15) is 0 Å². The number of fused-ring (bicyclic) bond motifs is 1. The number of aromatic nitrogens is 2. The number of anilines is 1. The molecule has 22 heavy (non-hydrogen) atoms. The normalized spacial score (nSPS) is 16.3. The number of benzene rings is 1. The lowest BCUT2D eigenvalue weighted by Gasteiger charge is -2.34. The van der Waals surface area contributed by atoms with Crippen molar-refractivity contribution < 1.29 is 0 Å². The van der Waals surface area contributed by atoms with Crippen LogP contribution in [0.4, 0.5) is 5.13 Å². The first kappa shape index (κ1) is 13.7. The molecule has 3 aromatic rings. The molecule has 1 aliphatic heterocycles. The molecule has 0 atom stereocenters. The molecule has 1 aromatic carbocycles. The first-order valence-electron chi connectivity index (χ1n) is 7.61. The van der Waals surface area contributed by atoms with Crippen molar-refractivity contribution in [2.45, 2.75) is 6.54 Å². The molecule has 0 unspecified atom stereocenters. The summed E-state index contributed by atoms with van der Waals surface area (Å²) in [6.45, 7) is 5.13. The average Bonchev–Trinajstić information content (AvgIpc) is 3.00. The molecule has 4 nitrogen and oxygen atoms in total. The summed E-state index contributed by atoms with van der Waals surface area (Å²) in [6, 6.07) is 14.5. The van der Waals surface area contributed by atoms with Crippen molar-refractivity contribution >= 4 is 26.7 Å². The summed E-state index contributed by atoms with van der Waals surface area (Å²) in [5.41, 5.74) is 2.26. The number of hydrogen-bond donors (Lipinski definition) is 0. The number of rotatable bonds is 3. The Morgan fingerprint density at radius 3 is 2.55 bits per heavy atom. The molecular weight excluding hydrogens is 292 g/mol. The zero-order valence-electron chi connectivity index (χ0n) is 12.4. The number of para-hydroxylation sites is 1. The van der Waals surface area contributed by atoms with E-state index in [0.29, 0.717) is 0 Å². The highest BCUT2D eigenvalue weighted by molar-refractivity contribution is 7.22. The highest BCUT2D eigenvalue weighted by atomic mass is 32.1. The Kier molecular flexibility index (Phi) is 3.74. The van der Waals surface area contributed by atoms with Gasteiger partial charge < -0.3 is 4.90 Å². The fraction of sp³-hybridized carbons (Fsp3) is 0.294. The van der Waals surface area contributed by atoms with Crippen LogP contribution in [0.2, 0.25) is 0 Å². The first-order valence-corrected chi connectivity index (χ1v) is 8.43. The standard InChI is InChI=1S/C17H18N4S/c1-2-7-16-15(6-1)19-17(22-16)21-11-9-20(10-12-21)13-14-5-3-4-8-18-14/h1-8H,9-13H2. The average molecular weight is 310 g/mol. The summed E-state index contributed by atoms with van der Waals surface area (Å²) in [7, 11) is 0. The van der Waals surface area contributed by atoms with E-state index in [9.17, 15) is 0 Å². The number of nitrogens with zero attached hydrogens (tertiary/aromatic N) is 4. The van der Waals surface area contributed by atoms with E-state index in [1.54, 1.807) is 11.3 Å². The van der Waals surface area contributed by atoms with Gasteiger partial charge in [0.15, 0.2) is 5.13 Å². The molecule has 1 saturated heterocycles. The fourth-order valence-corrected chi connectivity index (χ4v) is 3.83. The van der Waals surface area contributed by atoms with Crippen LogP contribution in [-0.4, -0.2) is 41.0 Å². The molecule has 0 bridgehead atoms. The third-order valence-electron chi connectivity index (χ3n) is 4.04. The number of hydrogen-bond acceptors (Lipinski definition) is 5. The number of pyridine rings is 1. The zero-order valence-corrected chi connectivity index (χ0v) is 13.2. The molecule has 4 rings (SSSR count). The topological polar surface area (TPSA) is 32.3 Å². The predicted molar refractivity (Wildman–Crippen MR) is 91.3 cm³/mol. The molecule has 2 aromatic heterocycles. The van der Waals surface area contributed by atoms with Crippen LogP contribution in [0.5, 0.6) is 0 Å². The summed E-state index contributed by atoms with van der Waals surface area (Å²) in [5.74, 6) is 0. The minimum atomic E-state index is 0.939. The fourth-order valence-electron chi connectivity index (χ4n) is 2.81. The van der Waals surface area contributed by atoms with Crippen molar-refractivity contribution in [1.82, 2.24) is 14.9 Å². The Bertz CT molecular complexity index is 714. The molecule has 0 saturated carbocycles. The molecule has 0 radical (unpaired) electrons. The van der Waals surface area contributed by atoms with Crippen LogP contribution >= 0.6 is 11.3 Å². The Labute approximate surface area is 134 Å². The Hall–Kier alpha value is -1.98. The second-order valence-corrected chi connectivity index (χ2v) is 6.56. The van der Waals surface area contributed by atoms with E-state index in [1.807, 2.05) is 12.3 Å².